The maximum Gasteiger partial charge on any atom is 0.410 e. The summed E-state index contributed by atoms with van der Waals surface area (Å²) in [5, 5.41) is 8.69. The molecule has 0 radical (unpaired) electrons. The first-order chi connectivity index (χ1) is 7.11. The number of carboxylic acid groups (broad SMARTS) is 1. The standard InChI is InChI=1S/C11H21NO4/c1-8(2)6-12(7-9(13)14)10(15)16-11(3,4)5/h8H,6-7H2,1-5H3,(H,13,14). The fourth-order valence-corrected chi connectivity index (χ4v) is 1.13. The van der Waals surface area contributed by atoms with Gasteiger partial charge in [0.25, 0.3) is 0 Å². The van der Waals surface area contributed by atoms with Crippen molar-refractivity contribution in [2.75, 3.05) is 13.1 Å². The Hall–Kier alpha value is -1.26. The van der Waals surface area contributed by atoms with Crippen LogP contribution in [-0.2, 0) is 9.53 Å². The molecule has 0 aromatic carbocycles. The number of carbonyl (C=O) groups excluding carboxylic acids is 1. The maximum absolute atomic E-state index is 11.7. The van der Waals surface area contributed by atoms with Crippen LogP contribution in [0.5, 0.6) is 0 Å². The summed E-state index contributed by atoms with van der Waals surface area (Å²) in [4.78, 5) is 23.5. The molecule has 5 heteroatoms. The van der Waals surface area contributed by atoms with E-state index >= 15 is 0 Å². The van der Waals surface area contributed by atoms with Gasteiger partial charge in [0.15, 0.2) is 0 Å². The highest BCUT2D eigenvalue weighted by Gasteiger charge is 2.24. The number of nitrogens with zero attached hydrogens (tertiary/aromatic N) is 1. The monoisotopic (exact) mass is 231 g/mol. The second-order valence-corrected chi connectivity index (χ2v) is 5.15. The van der Waals surface area contributed by atoms with Crippen molar-refractivity contribution in [2.24, 2.45) is 5.92 Å². The number of ether oxygens (including phenoxy) is 1. The van der Waals surface area contributed by atoms with E-state index in [4.69, 9.17) is 9.84 Å². The predicted octanol–water partition coefficient (Wildman–Crippen LogP) is 1.96. The van der Waals surface area contributed by atoms with Crippen LogP contribution in [0.1, 0.15) is 34.6 Å². The fourth-order valence-electron chi connectivity index (χ4n) is 1.13. The first kappa shape index (κ1) is 14.7. The SMILES string of the molecule is CC(C)CN(CC(=O)O)C(=O)OC(C)(C)C. The van der Waals surface area contributed by atoms with Crippen LogP contribution in [0.4, 0.5) is 4.79 Å². The van der Waals surface area contributed by atoms with E-state index in [0.717, 1.165) is 0 Å². The van der Waals surface area contributed by atoms with Gasteiger partial charge in [0.2, 0.25) is 0 Å². The van der Waals surface area contributed by atoms with Crippen molar-refractivity contribution < 1.29 is 19.4 Å². The van der Waals surface area contributed by atoms with E-state index in [9.17, 15) is 9.59 Å². The number of carboxylic acids is 1. The zero-order valence-electron chi connectivity index (χ0n) is 10.6. The highest BCUT2D eigenvalue weighted by molar-refractivity contribution is 5.76. The van der Waals surface area contributed by atoms with Gasteiger partial charge in [0, 0.05) is 6.54 Å². The zero-order chi connectivity index (χ0) is 12.9. The summed E-state index contributed by atoms with van der Waals surface area (Å²) in [7, 11) is 0. The lowest BCUT2D eigenvalue weighted by Crippen LogP contribution is -2.41. The summed E-state index contributed by atoms with van der Waals surface area (Å²) >= 11 is 0. The molecule has 0 spiro atoms. The van der Waals surface area contributed by atoms with Gasteiger partial charge in [0.1, 0.15) is 12.1 Å². The van der Waals surface area contributed by atoms with Crippen molar-refractivity contribution in [1.82, 2.24) is 4.90 Å². The maximum atomic E-state index is 11.7. The number of aliphatic carboxylic acids is 1. The van der Waals surface area contributed by atoms with E-state index in [2.05, 4.69) is 0 Å². The molecule has 0 aromatic rings. The van der Waals surface area contributed by atoms with Gasteiger partial charge in [-0.3, -0.25) is 9.69 Å². The molecule has 1 amide bonds. The van der Waals surface area contributed by atoms with Gasteiger partial charge in [-0.05, 0) is 26.7 Å². The number of hydrogen-bond acceptors (Lipinski definition) is 3. The van der Waals surface area contributed by atoms with Crippen LogP contribution in [-0.4, -0.2) is 40.8 Å². The van der Waals surface area contributed by atoms with Crippen molar-refractivity contribution in [2.45, 2.75) is 40.2 Å². The molecule has 0 atom stereocenters. The smallest absolute Gasteiger partial charge is 0.410 e. The molecule has 1 N–H and O–H groups in total. The molecule has 0 aliphatic rings. The van der Waals surface area contributed by atoms with Crippen LogP contribution >= 0.6 is 0 Å². The Morgan fingerprint density at radius 1 is 1.31 bits per heavy atom. The molecule has 94 valence electrons. The largest absolute Gasteiger partial charge is 0.480 e. The van der Waals surface area contributed by atoms with E-state index in [1.165, 1.54) is 4.90 Å². The van der Waals surface area contributed by atoms with Gasteiger partial charge in [0.05, 0.1) is 0 Å². The van der Waals surface area contributed by atoms with Crippen LogP contribution in [0.15, 0.2) is 0 Å². The summed E-state index contributed by atoms with van der Waals surface area (Å²) in [6, 6.07) is 0. The molecule has 5 nitrogen and oxygen atoms in total. The fraction of sp³-hybridized carbons (Fsp3) is 0.818. The summed E-state index contributed by atoms with van der Waals surface area (Å²) < 4.78 is 5.13. The first-order valence-electron chi connectivity index (χ1n) is 5.31. The molecule has 0 bridgehead atoms. The van der Waals surface area contributed by atoms with Crippen LogP contribution in [0, 0.1) is 5.92 Å². The lowest BCUT2D eigenvalue weighted by atomic mass is 10.2. The predicted molar refractivity (Wildman–Crippen MR) is 60.3 cm³/mol. The molecule has 0 fully saturated rings. The lowest BCUT2D eigenvalue weighted by molar-refractivity contribution is -0.138. The summed E-state index contributed by atoms with van der Waals surface area (Å²) in [5.74, 6) is -0.835. The molecule has 0 aromatic heterocycles. The summed E-state index contributed by atoms with van der Waals surface area (Å²) in [6.07, 6.45) is -0.580. The Morgan fingerprint density at radius 2 is 1.81 bits per heavy atom. The molecule has 16 heavy (non-hydrogen) atoms. The molecule has 0 saturated carbocycles. The van der Waals surface area contributed by atoms with Crippen molar-refractivity contribution in [1.29, 1.82) is 0 Å². The van der Waals surface area contributed by atoms with Gasteiger partial charge >= 0.3 is 12.1 Å². The first-order valence-corrected chi connectivity index (χ1v) is 5.31. The third-order valence-electron chi connectivity index (χ3n) is 1.56. The summed E-state index contributed by atoms with van der Waals surface area (Å²) in [6.45, 7) is 9.13. The number of amides is 1. The quantitative estimate of drug-likeness (QED) is 0.803. The Kier molecular flexibility index (Phi) is 5.27. The van der Waals surface area contributed by atoms with Gasteiger partial charge in [-0.15, -0.1) is 0 Å². The minimum atomic E-state index is -1.04. The third kappa shape index (κ3) is 7.09. The Labute approximate surface area is 96.4 Å². The molecule has 0 aliphatic carbocycles. The van der Waals surface area contributed by atoms with E-state index < -0.39 is 17.7 Å². The van der Waals surface area contributed by atoms with Gasteiger partial charge in [-0.25, -0.2) is 4.79 Å². The highest BCUT2D eigenvalue weighted by atomic mass is 16.6. The minimum absolute atomic E-state index is 0.201. The van der Waals surface area contributed by atoms with E-state index in [1.54, 1.807) is 20.8 Å². The highest BCUT2D eigenvalue weighted by Crippen LogP contribution is 2.11. The van der Waals surface area contributed by atoms with Gasteiger partial charge in [-0.2, -0.15) is 0 Å². The Balaban J connectivity index is 4.49. The molecule has 0 aliphatic heterocycles. The zero-order valence-corrected chi connectivity index (χ0v) is 10.6. The topological polar surface area (TPSA) is 66.8 Å². The molecule has 0 saturated heterocycles. The Morgan fingerprint density at radius 3 is 2.12 bits per heavy atom. The molecule has 0 unspecified atom stereocenters. The molecular weight excluding hydrogens is 210 g/mol. The minimum Gasteiger partial charge on any atom is -0.480 e. The average molecular weight is 231 g/mol. The average Bonchev–Trinajstić information content (AvgIpc) is 1.97. The van der Waals surface area contributed by atoms with Gasteiger partial charge in [-0.1, -0.05) is 13.8 Å². The van der Waals surface area contributed by atoms with Crippen LogP contribution < -0.4 is 0 Å². The molecule has 0 heterocycles. The van der Waals surface area contributed by atoms with Gasteiger partial charge < -0.3 is 9.84 Å². The van der Waals surface area contributed by atoms with Crippen molar-refractivity contribution in [3.05, 3.63) is 0 Å². The third-order valence-corrected chi connectivity index (χ3v) is 1.56. The Bertz CT molecular complexity index is 255. The van der Waals surface area contributed by atoms with Crippen molar-refractivity contribution >= 4 is 12.1 Å². The van der Waals surface area contributed by atoms with E-state index in [-0.39, 0.29) is 12.5 Å². The number of rotatable bonds is 4. The molecule has 0 rings (SSSR count). The van der Waals surface area contributed by atoms with E-state index in [0.29, 0.717) is 6.54 Å². The van der Waals surface area contributed by atoms with E-state index in [1.807, 2.05) is 13.8 Å². The summed E-state index contributed by atoms with van der Waals surface area (Å²) in [5.41, 5.74) is -0.606. The van der Waals surface area contributed by atoms with Crippen LogP contribution in [0.25, 0.3) is 0 Å². The number of carbonyl (C=O) groups is 2. The lowest BCUT2D eigenvalue weighted by Gasteiger charge is -2.27. The number of hydrogen-bond donors (Lipinski definition) is 1. The van der Waals surface area contributed by atoms with Crippen molar-refractivity contribution in [3.8, 4) is 0 Å². The van der Waals surface area contributed by atoms with Crippen LogP contribution in [0.2, 0.25) is 0 Å². The van der Waals surface area contributed by atoms with Crippen molar-refractivity contribution in [3.63, 3.8) is 0 Å². The molecular formula is C11H21NO4. The second-order valence-electron chi connectivity index (χ2n) is 5.15. The second kappa shape index (κ2) is 5.72. The van der Waals surface area contributed by atoms with Crippen LogP contribution in [0.3, 0.4) is 0 Å². The normalized spacial score (nSPS) is 11.4.